The molecule has 0 spiro atoms. The van der Waals surface area contributed by atoms with Gasteiger partial charge in [-0.2, -0.15) is 0 Å². The summed E-state index contributed by atoms with van der Waals surface area (Å²) in [6.07, 6.45) is -0.663. The Bertz CT molecular complexity index is 377. The summed E-state index contributed by atoms with van der Waals surface area (Å²) in [6.45, 7) is 10.0. The molecule has 1 rings (SSSR count). The van der Waals surface area contributed by atoms with Crippen LogP contribution in [0.2, 0.25) is 0 Å². The van der Waals surface area contributed by atoms with E-state index < -0.39 is 6.10 Å². The molecule has 0 fully saturated rings. The summed E-state index contributed by atoms with van der Waals surface area (Å²) in [5.74, 6) is 0.255. The molecule has 0 aliphatic carbocycles. The molecule has 2 nitrogen and oxygen atoms in total. The summed E-state index contributed by atoms with van der Waals surface area (Å²) in [6, 6.07) is 6.11. The van der Waals surface area contributed by atoms with Crippen LogP contribution >= 0.6 is 0 Å². The van der Waals surface area contributed by atoms with Gasteiger partial charge in [0.15, 0.2) is 0 Å². The SMILES string of the molecule is CC(C)C(C)(C)CNCC(O)c1cccc(F)c1. The van der Waals surface area contributed by atoms with E-state index in [0.29, 0.717) is 18.0 Å². The fourth-order valence-electron chi connectivity index (χ4n) is 1.57. The molecular weight excluding hydrogens is 229 g/mol. The largest absolute Gasteiger partial charge is 0.387 e. The molecule has 0 radical (unpaired) electrons. The minimum Gasteiger partial charge on any atom is -0.387 e. The molecule has 0 aliphatic rings. The topological polar surface area (TPSA) is 32.3 Å². The molecule has 1 aromatic rings. The molecule has 1 unspecified atom stereocenters. The predicted molar refractivity (Wildman–Crippen MR) is 72.8 cm³/mol. The third kappa shape index (κ3) is 4.39. The van der Waals surface area contributed by atoms with Crippen LogP contribution in [0.15, 0.2) is 24.3 Å². The zero-order valence-electron chi connectivity index (χ0n) is 11.7. The fourth-order valence-corrected chi connectivity index (χ4v) is 1.57. The van der Waals surface area contributed by atoms with Gasteiger partial charge in [-0.3, -0.25) is 0 Å². The van der Waals surface area contributed by atoms with Crippen LogP contribution in [0.5, 0.6) is 0 Å². The predicted octanol–water partition coefficient (Wildman–Crippen LogP) is 3.13. The first-order valence-corrected chi connectivity index (χ1v) is 6.47. The van der Waals surface area contributed by atoms with Crippen LogP contribution in [0.4, 0.5) is 4.39 Å². The average molecular weight is 253 g/mol. The van der Waals surface area contributed by atoms with Gasteiger partial charge in [-0.25, -0.2) is 4.39 Å². The van der Waals surface area contributed by atoms with Crippen molar-refractivity contribution in [2.45, 2.75) is 33.8 Å². The Kier molecular flexibility index (Phi) is 5.29. The minimum absolute atomic E-state index is 0.182. The molecular formula is C15H24FNO. The number of benzene rings is 1. The zero-order chi connectivity index (χ0) is 13.8. The number of aliphatic hydroxyl groups is 1. The first-order chi connectivity index (χ1) is 8.33. The van der Waals surface area contributed by atoms with Crippen LogP contribution in [0, 0.1) is 17.2 Å². The van der Waals surface area contributed by atoms with Crippen molar-refractivity contribution in [1.82, 2.24) is 5.32 Å². The Morgan fingerprint density at radius 1 is 1.33 bits per heavy atom. The first-order valence-electron chi connectivity index (χ1n) is 6.47. The molecule has 3 heteroatoms. The summed E-state index contributed by atoms with van der Waals surface area (Å²) >= 11 is 0. The van der Waals surface area contributed by atoms with Crippen LogP contribution in [0.1, 0.15) is 39.4 Å². The van der Waals surface area contributed by atoms with Crippen LogP contribution < -0.4 is 5.32 Å². The molecule has 102 valence electrons. The number of hydrogen-bond acceptors (Lipinski definition) is 2. The first kappa shape index (κ1) is 15.1. The monoisotopic (exact) mass is 253 g/mol. The van der Waals surface area contributed by atoms with Gasteiger partial charge < -0.3 is 10.4 Å². The van der Waals surface area contributed by atoms with Gasteiger partial charge >= 0.3 is 0 Å². The van der Waals surface area contributed by atoms with Crippen LogP contribution in [0.3, 0.4) is 0 Å². The van der Waals surface area contributed by atoms with Gasteiger partial charge in [-0.1, -0.05) is 39.8 Å². The van der Waals surface area contributed by atoms with E-state index in [1.165, 1.54) is 12.1 Å². The van der Waals surface area contributed by atoms with Gasteiger partial charge in [-0.15, -0.1) is 0 Å². The summed E-state index contributed by atoms with van der Waals surface area (Å²) in [5, 5.41) is 13.2. The second-order valence-electron chi connectivity index (χ2n) is 5.84. The van der Waals surface area contributed by atoms with E-state index in [-0.39, 0.29) is 11.2 Å². The van der Waals surface area contributed by atoms with E-state index in [9.17, 15) is 9.50 Å². The van der Waals surface area contributed by atoms with Gasteiger partial charge in [0.1, 0.15) is 5.82 Å². The normalized spacial score (nSPS) is 13.9. The maximum Gasteiger partial charge on any atom is 0.123 e. The van der Waals surface area contributed by atoms with E-state index in [1.807, 2.05) is 0 Å². The van der Waals surface area contributed by atoms with E-state index >= 15 is 0 Å². The Hall–Kier alpha value is -0.930. The highest BCUT2D eigenvalue weighted by molar-refractivity contribution is 5.18. The number of hydrogen-bond donors (Lipinski definition) is 2. The quantitative estimate of drug-likeness (QED) is 0.816. The minimum atomic E-state index is -0.663. The molecule has 0 amide bonds. The number of halogens is 1. The second-order valence-corrected chi connectivity index (χ2v) is 5.84. The fraction of sp³-hybridized carbons (Fsp3) is 0.600. The average Bonchev–Trinajstić information content (AvgIpc) is 2.28. The van der Waals surface area contributed by atoms with E-state index in [2.05, 4.69) is 33.0 Å². The van der Waals surface area contributed by atoms with Crippen molar-refractivity contribution in [3.8, 4) is 0 Å². The van der Waals surface area contributed by atoms with Crippen molar-refractivity contribution < 1.29 is 9.50 Å². The van der Waals surface area contributed by atoms with Crippen molar-refractivity contribution >= 4 is 0 Å². The molecule has 0 bridgehead atoms. The zero-order valence-corrected chi connectivity index (χ0v) is 11.7. The lowest BCUT2D eigenvalue weighted by Crippen LogP contribution is -2.35. The van der Waals surface area contributed by atoms with Crippen LogP contribution in [-0.2, 0) is 0 Å². The molecule has 0 saturated carbocycles. The maximum atomic E-state index is 13.0. The second kappa shape index (κ2) is 6.30. The number of aliphatic hydroxyl groups excluding tert-OH is 1. The highest BCUT2D eigenvalue weighted by atomic mass is 19.1. The van der Waals surface area contributed by atoms with Gasteiger partial charge in [0.2, 0.25) is 0 Å². The Morgan fingerprint density at radius 2 is 2.00 bits per heavy atom. The lowest BCUT2D eigenvalue weighted by Gasteiger charge is -2.30. The summed E-state index contributed by atoms with van der Waals surface area (Å²) in [4.78, 5) is 0. The van der Waals surface area contributed by atoms with E-state index in [1.54, 1.807) is 12.1 Å². The van der Waals surface area contributed by atoms with Crippen LogP contribution in [-0.4, -0.2) is 18.2 Å². The number of rotatable bonds is 6. The van der Waals surface area contributed by atoms with Crippen molar-refractivity contribution in [1.29, 1.82) is 0 Å². The van der Waals surface area contributed by atoms with E-state index in [0.717, 1.165) is 6.54 Å². The van der Waals surface area contributed by atoms with Gasteiger partial charge in [0.25, 0.3) is 0 Å². The lowest BCUT2D eigenvalue weighted by molar-refractivity contribution is 0.160. The Morgan fingerprint density at radius 3 is 2.56 bits per heavy atom. The molecule has 1 atom stereocenters. The highest BCUT2D eigenvalue weighted by Crippen LogP contribution is 2.24. The molecule has 18 heavy (non-hydrogen) atoms. The summed E-state index contributed by atoms with van der Waals surface area (Å²) < 4.78 is 13.0. The lowest BCUT2D eigenvalue weighted by atomic mass is 9.81. The standard InChI is InChI=1S/C15H24FNO/c1-11(2)15(3,4)10-17-9-14(18)12-6-5-7-13(16)8-12/h5-8,11,14,17-18H,9-10H2,1-4H3. The van der Waals surface area contributed by atoms with E-state index in [4.69, 9.17) is 0 Å². The molecule has 1 aromatic carbocycles. The van der Waals surface area contributed by atoms with Crippen molar-refractivity contribution in [3.63, 3.8) is 0 Å². The smallest absolute Gasteiger partial charge is 0.123 e. The molecule has 2 N–H and O–H groups in total. The van der Waals surface area contributed by atoms with Gasteiger partial charge in [0.05, 0.1) is 6.10 Å². The summed E-state index contributed by atoms with van der Waals surface area (Å²) in [7, 11) is 0. The van der Waals surface area contributed by atoms with Crippen molar-refractivity contribution in [2.24, 2.45) is 11.3 Å². The van der Waals surface area contributed by atoms with Gasteiger partial charge in [0, 0.05) is 13.1 Å². The van der Waals surface area contributed by atoms with Gasteiger partial charge in [-0.05, 0) is 29.0 Å². The van der Waals surface area contributed by atoms with Crippen molar-refractivity contribution in [2.75, 3.05) is 13.1 Å². The molecule has 0 saturated heterocycles. The Labute approximate surface area is 109 Å². The van der Waals surface area contributed by atoms with Crippen LogP contribution in [0.25, 0.3) is 0 Å². The number of nitrogens with one attached hydrogen (secondary N) is 1. The highest BCUT2D eigenvalue weighted by Gasteiger charge is 2.22. The molecule has 0 aliphatic heterocycles. The Balaban J connectivity index is 2.45. The molecule has 0 heterocycles. The summed E-state index contributed by atoms with van der Waals surface area (Å²) in [5.41, 5.74) is 0.798. The maximum absolute atomic E-state index is 13.0. The van der Waals surface area contributed by atoms with Crippen molar-refractivity contribution in [3.05, 3.63) is 35.6 Å². The third-order valence-electron chi connectivity index (χ3n) is 3.71. The molecule has 0 aromatic heterocycles. The third-order valence-corrected chi connectivity index (χ3v) is 3.71.